The average Bonchev–Trinajstić information content (AvgIpc) is 2.68. The van der Waals surface area contributed by atoms with Gasteiger partial charge in [-0.05, 0) is 12.1 Å². The van der Waals surface area contributed by atoms with Crippen molar-refractivity contribution in [3.05, 3.63) is 33.9 Å². The van der Waals surface area contributed by atoms with Crippen LogP contribution in [0.1, 0.15) is 18.4 Å². The zero-order valence-electron chi connectivity index (χ0n) is 9.26. The lowest BCUT2D eigenvalue weighted by Crippen LogP contribution is -2.28. The number of rotatable bonds is 3. The number of nitro groups is 1. The molecule has 0 radical (unpaired) electrons. The predicted octanol–water partition coefficient (Wildman–Crippen LogP) is 2.14. The van der Waals surface area contributed by atoms with Gasteiger partial charge in [-0.15, -0.1) is 0 Å². The van der Waals surface area contributed by atoms with E-state index in [1.807, 2.05) is 0 Å². The Labute approximate surface area is 111 Å². The number of carbonyl (C=O) groups is 2. The molecule has 7 heteroatoms. The highest BCUT2D eigenvalue weighted by Gasteiger charge is 2.31. The van der Waals surface area contributed by atoms with Crippen molar-refractivity contribution in [2.75, 3.05) is 4.90 Å². The Balaban J connectivity index is 2.44. The zero-order chi connectivity index (χ0) is 13.3. The summed E-state index contributed by atoms with van der Waals surface area (Å²) in [4.78, 5) is 34.5. The topological polar surface area (TPSA) is 80.5 Å². The molecule has 0 saturated carbocycles. The van der Waals surface area contributed by atoms with Crippen molar-refractivity contribution in [1.29, 1.82) is 0 Å². The first-order chi connectivity index (χ1) is 8.54. The van der Waals surface area contributed by atoms with Crippen molar-refractivity contribution in [3.8, 4) is 0 Å². The van der Waals surface area contributed by atoms with E-state index in [2.05, 4.69) is 15.9 Å². The van der Waals surface area contributed by atoms with Crippen LogP contribution in [-0.2, 0) is 14.9 Å². The molecule has 1 aliphatic rings. The maximum Gasteiger partial charge on any atom is 0.273 e. The van der Waals surface area contributed by atoms with E-state index in [4.69, 9.17) is 0 Å². The van der Waals surface area contributed by atoms with Crippen molar-refractivity contribution in [2.45, 2.75) is 18.2 Å². The summed E-state index contributed by atoms with van der Waals surface area (Å²) in [7, 11) is 0. The van der Waals surface area contributed by atoms with Gasteiger partial charge in [0.1, 0.15) is 0 Å². The van der Waals surface area contributed by atoms with Crippen molar-refractivity contribution in [2.24, 2.45) is 0 Å². The highest BCUT2D eigenvalue weighted by Crippen LogP contribution is 2.29. The van der Waals surface area contributed by atoms with Gasteiger partial charge in [0.2, 0.25) is 11.8 Å². The molecular weight excluding hydrogens is 304 g/mol. The smallest absolute Gasteiger partial charge is 0.273 e. The van der Waals surface area contributed by atoms with Crippen molar-refractivity contribution in [1.82, 2.24) is 0 Å². The monoisotopic (exact) mass is 312 g/mol. The molecule has 0 N–H and O–H groups in total. The summed E-state index contributed by atoms with van der Waals surface area (Å²) < 4.78 is 0. The van der Waals surface area contributed by atoms with Gasteiger partial charge < -0.3 is 0 Å². The van der Waals surface area contributed by atoms with Gasteiger partial charge in [-0.1, -0.05) is 15.9 Å². The molecule has 0 unspecified atom stereocenters. The number of amides is 2. The Hall–Kier alpha value is -1.76. The minimum Gasteiger partial charge on any atom is -0.274 e. The Kier molecular flexibility index (Phi) is 3.42. The largest absolute Gasteiger partial charge is 0.274 e. The highest BCUT2D eigenvalue weighted by atomic mass is 79.9. The maximum atomic E-state index is 11.6. The lowest BCUT2D eigenvalue weighted by molar-refractivity contribution is -0.385. The number of halogens is 1. The van der Waals surface area contributed by atoms with Crippen LogP contribution < -0.4 is 4.90 Å². The number of hydrogen-bond donors (Lipinski definition) is 0. The molecule has 1 aliphatic heterocycles. The van der Waals surface area contributed by atoms with E-state index in [1.165, 1.54) is 18.2 Å². The number of benzene rings is 1. The minimum absolute atomic E-state index is 0.0327. The molecular formula is C11H9BrN2O4. The van der Waals surface area contributed by atoms with Crippen molar-refractivity contribution < 1.29 is 14.5 Å². The van der Waals surface area contributed by atoms with Gasteiger partial charge in [-0.2, -0.15) is 0 Å². The van der Waals surface area contributed by atoms with Crippen LogP contribution in [0.5, 0.6) is 0 Å². The van der Waals surface area contributed by atoms with E-state index in [0.29, 0.717) is 11.3 Å². The van der Waals surface area contributed by atoms with Gasteiger partial charge in [0.15, 0.2) is 0 Å². The first-order valence-electron chi connectivity index (χ1n) is 5.23. The quantitative estimate of drug-likeness (QED) is 0.370. The normalized spacial score (nSPS) is 15.3. The van der Waals surface area contributed by atoms with E-state index in [-0.39, 0.29) is 35.7 Å². The Morgan fingerprint density at radius 1 is 1.28 bits per heavy atom. The number of hydrogen-bond acceptors (Lipinski definition) is 4. The van der Waals surface area contributed by atoms with Gasteiger partial charge in [-0.25, -0.2) is 0 Å². The highest BCUT2D eigenvalue weighted by molar-refractivity contribution is 9.08. The molecule has 1 heterocycles. The second-order valence-corrected chi connectivity index (χ2v) is 4.39. The molecule has 0 bridgehead atoms. The second kappa shape index (κ2) is 4.85. The molecule has 0 aromatic heterocycles. The number of carbonyl (C=O) groups excluding carboxylic acids is 2. The molecule has 94 valence electrons. The fraction of sp³-hybridized carbons (Fsp3) is 0.273. The summed E-state index contributed by atoms with van der Waals surface area (Å²) >= 11 is 3.16. The van der Waals surface area contributed by atoms with Crippen LogP contribution in [0.4, 0.5) is 11.4 Å². The van der Waals surface area contributed by atoms with Crippen molar-refractivity contribution in [3.63, 3.8) is 0 Å². The summed E-state index contributed by atoms with van der Waals surface area (Å²) in [5.41, 5.74) is 0.794. The third kappa shape index (κ3) is 2.13. The van der Waals surface area contributed by atoms with Crippen LogP contribution in [0.2, 0.25) is 0 Å². The van der Waals surface area contributed by atoms with Crippen molar-refractivity contribution >= 4 is 39.1 Å². The molecule has 1 aromatic carbocycles. The van der Waals surface area contributed by atoms with Crippen LogP contribution >= 0.6 is 15.9 Å². The molecule has 0 aliphatic carbocycles. The van der Waals surface area contributed by atoms with Gasteiger partial charge in [0.05, 0.1) is 10.6 Å². The molecule has 0 atom stereocenters. The second-order valence-electron chi connectivity index (χ2n) is 3.83. The summed E-state index contributed by atoms with van der Waals surface area (Å²) in [6.07, 6.45) is 0.388. The lowest BCUT2D eigenvalue weighted by atomic mass is 10.1. The summed E-state index contributed by atoms with van der Waals surface area (Å²) in [6.45, 7) is 0. The first kappa shape index (κ1) is 12.7. The number of alkyl halides is 1. The Bertz CT molecular complexity index is 528. The number of nitrogens with zero attached hydrogens (tertiary/aromatic N) is 2. The molecule has 0 spiro atoms. The van der Waals surface area contributed by atoms with Crippen LogP contribution in [0.25, 0.3) is 0 Å². The van der Waals surface area contributed by atoms with E-state index >= 15 is 0 Å². The SMILES string of the molecule is O=C1CCC(=O)N1c1ccc([N+](=O)[O-])c(CBr)c1. The standard InChI is InChI=1S/C11H9BrN2O4/c12-6-7-5-8(1-2-9(7)14(17)18)13-10(15)3-4-11(13)16/h1-2,5H,3-4,6H2. The van der Waals surface area contributed by atoms with Crippen LogP contribution in [0, 0.1) is 10.1 Å². The van der Waals surface area contributed by atoms with Crippen LogP contribution in [0.15, 0.2) is 18.2 Å². The third-order valence-corrected chi connectivity index (χ3v) is 3.32. The molecule has 1 saturated heterocycles. The van der Waals surface area contributed by atoms with Gasteiger partial charge in [0, 0.05) is 29.8 Å². The van der Waals surface area contributed by atoms with Gasteiger partial charge >= 0.3 is 0 Å². The molecule has 18 heavy (non-hydrogen) atoms. The number of imide groups is 1. The van der Waals surface area contributed by atoms with Gasteiger partial charge in [-0.3, -0.25) is 24.6 Å². The molecule has 6 nitrogen and oxygen atoms in total. The molecule has 1 aromatic rings. The molecule has 2 rings (SSSR count). The van der Waals surface area contributed by atoms with E-state index in [0.717, 1.165) is 4.90 Å². The Morgan fingerprint density at radius 2 is 1.89 bits per heavy atom. The number of nitro benzene ring substituents is 1. The Morgan fingerprint density at radius 3 is 2.39 bits per heavy atom. The zero-order valence-corrected chi connectivity index (χ0v) is 10.8. The van der Waals surface area contributed by atoms with E-state index < -0.39 is 4.92 Å². The third-order valence-electron chi connectivity index (χ3n) is 2.71. The summed E-state index contributed by atoms with van der Waals surface area (Å²) in [6, 6.07) is 4.23. The fourth-order valence-electron chi connectivity index (χ4n) is 1.86. The molecule has 1 fully saturated rings. The van der Waals surface area contributed by atoms with E-state index in [9.17, 15) is 19.7 Å². The van der Waals surface area contributed by atoms with Crippen LogP contribution in [0.3, 0.4) is 0 Å². The maximum absolute atomic E-state index is 11.6. The minimum atomic E-state index is -0.492. The number of anilines is 1. The summed E-state index contributed by atoms with van der Waals surface area (Å²) in [5.74, 6) is -0.538. The van der Waals surface area contributed by atoms with Gasteiger partial charge in [0.25, 0.3) is 5.69 Å². The average molecular weight is 313 g/mol. The fourth-order valence-corrected chi connectivity index (χ4v) is 2.31. The molecule has 2 amide bonds. The van der Waals surface area contributed by atoms with Crippen LogP contribution in [-0.4, -0.2) is 16.7 Å². The lowest BCUT2D eigenvalue weighted by Gasteiger charge is -2.14. The summed E-state index contributed by atoms with van der Waals surface area (Å²) in [5, 5.41) is 11.1. The first-order valence-corrected chi connectivity index (χ1v) is 6.36. The van der Waals surface area contributed by atoms with E-state index in [1.54, 1.807) is 0 Å². The predicted molar refractivity (Wildman–Crippen MR) is 67.5 cm³/mol.